The van der Waals surface area contributed by atoms with Gasteiger partial charge in [-0.3, -0.25) is 9.79 Å². The molecule has 1 saturated heterocycles. The molecule has 1 fully saturated rings. The molecule has 6 nitrogen and oxygen atoms in total. The highest BCUT2D eigenvalue weighted by atomic mass is 16.2. The third-order valence-corrected chi connectivity index (χ3v) is 7.49. The predicted molar refractivity (Wildman–Crippen MR) is 141 cm³/mol. The van der Waals surface area contributed by atoms with Crippen LogP contribution in [0.1, 0.15) is 17.2 Å². The molecule has 3 aliphatic rings. The number of carbonyl (C=O) groups is 1. The molecule has 2 aromatic carbocycles. The van der Waals surface area contributed by atoms with Gasteiger partial charge in [-0.1, -0.05) is 42.5 Å². The first kappa shape index (κ1) is 22.0. The molecule has 6 rings (SSSR count). The summed E-state index contributed by atoms with van der Waals surface area (Å²) in [5.41, 5.74) is 6.49. The zero-order chi connectivity index (χ0) is 23.8. The second kappa shape index (κ2) is 9.29. The van der Waals surface area contributed by atoms with Crippen LogP contribution in [0.15, 0.2) is 83.5 Å². The molecule has 1 aromatic heterocycles. The number of piperazine rings is 1. The van der Waals surface area contributed by atoms with Crippen LogP contribution >= 0.6 is 0 Å². The van der Waals surface area contributed by atoms with Crippen molar-refractivity contribution in [1.82, 2.24) is 20.1 Å². The standard InChI is InChI=1S/C29H31N5O/c1-33-14-16-34(17-15-33)29(35)20-10-11-27-24(18-20)28(23-7-3-5-9-26(23)32-27)30-13-12-21-19-31-25-8-4-2-6-22(21)25/h2-11,18-19,24,28,30-31H,12-17H2,1H3. The van der Waals surface area contributed by atoms with E-state index >= 15 is 0 Å². The van der Waals surface area contributed by atoms with Crippen LogP contribution in [0, 0.1) is 5.92 Å². The van der Waals surface area contributed by atoms with Gasteiger partial charge in [0.15, 0.2) is 0 Å². The quantitative estimate of drug-likeness (QED) is 0.598. The number of amides is 1. The van der Waals surface area contributed by atoms with Crippen molar-refractivity contribution in [1.29, 1.82) is 0 Å². The molecule has 3 aromatic rings. The van der Waals surface area contributed by atoms with Crippen molar-refractivity contribution in [2.45, 2.75) is 12.5 Å². The Bertz CT molecular complexity index is 1340. The Hall–Kier alpha value is -3.48. The highest BCUT2D eigenvalue weighted by Gasteiger charge is 2.34. The topological polar surface area (TPSA) is 63.7 Å². The van der Waals surface area contributed by atoms with Crippen molar-refractivity contribution in [3.63, 3.8) is 0 Å². The van der Waals surface area contributed by atoms with Gasteiger partial charge < -0.3 is 20.1 Å². The maximum atomic E-state index is 13.3. The number of aliphatic imine (C=N–C) groups is 1. The van der Waals surface area contributed by atoms with Crippen molar-refractivity contribution in [2.75, 3.05) is 39.8 Å². The highest BCUT2D eigenvalue weighted by molar-refractivity contribution is 6.08. The Balaban J connectivity index is 1.24. The third kappa shape index (κ3) is 4.24. The zero-order valence-electron chi connectivity index (χ0n) is 20.1. The number of likely N-dealkylation sites (N-methyl/N-ethyl adjacent to an activating group) is 1. The maximum absolute atomic E-state index is 13.3. The van der Waals surface area contributed by atoms with Crippen LogP contribution in [0.3, 0.4) is 0 Å². The van der Waals surface area contributed by atoms with Gasteiger partial charge in [0.05, 0.1) is 5.69 Å². The lowest BCUT2D eigenvalue weighted by Crippen LogP contribution is -2.47. The van der Waals surface area contributed by atoms with E-state index in [0.717, 1.165) is 56.1 Å². The molecule has 6 heteroatoms. The lowest BCUT2D eigenvalue weighted by molar-refractivity contribution is -0.128. The molecule has 2 atom stereocenters. The Labute approximate surface area is 206 Å². The number of nitrogens with zero attached hydrogens (tertiary/aromatic N) is 3. The van der Waals surface area contributed by atoms with Crippen LogP contribution < -0.4 is 5.32 Å². The van der Waals surface area contributed by atoms with Gasteiger partial charge in [-0.15, -0.1) is 0 Å². The van der Waals surface area contributed by atoms with Crippen LogP contribution in [0.5, 0.6) is 0 Å². The fraction of sp³-hybridized carbons (Fsp3) is 0.310. The molecule has 3 heterocycles. The lowest BCUT2D eigenvalue weighted by atomic mass is 9.81. The Morgan fingerprint density at radius 2 is 1.86 bits per heavy atom. The van der Waals surface area contributed by atoms with Crippen LogP contribution in [0.4, 0.5) is 5.69 Å². The lowest BCUT2D eigenvalue weighted by Gasteiger charge is -2.35. The summed E-state index contributed by atoms with van der Waals surface area (Å²) in [5.74, 6) is 0.161. The van der Waals surface area contributed by atoms with Gasteiger partial charge in [0.1, 0.15) is 0 Å². The van der Waals surface area contributed by atoms with Gasteiger partial charge >= 0.3 is 0 Å². The maximum Gasteiger partial charge on any atom is 0.253 e. The molecule has 0 saturated carbocycles. The molecule has 0 spiro atoms. The average molecular weight is 466 g/mol. The van der Waals surface area contributed by atoms with Crippen molar-refractivity contribution >= 4 is 28.2 Å². The summed E-state index contributed by atoms with van der Waals surface area (Å²) in [5, 5.41) is 5.10. The number of H-pyrrole nitrogens is 1. The normalized spacial score (nSPS) is 21.9. The van der Waals surface area contributed by atoms with Gasteiger partial charge in [-0.25, -0.2) is 0 Å². The van der Waals surface area contributed by atoms with Gasteiger partial charge in [0, 0.05) is 66.5 Å². The van der Waals surface area contributed by atoms with E-state index in [1.165, 1.54) is 22.0 Å². The van der Waals surface area contributed by atoms with Crippen molar-refractivity contribution < 1.29 is 4.79 Å². The zero-order valence-corrected chi connectivity index (χ0v) is 20.1. The number of fused-ring (bicyclic) bond motifs is 3. The molecule has 2 unspecified atom stereocenters. The van der Waals surface area contributed by atoms with Crippen molar-refractivity contribution in [3.05, 3.63) is 89.7 Å². The summed E-state index contributed by atoms with van der Waals surface area (Å²) in [6.45, 7) is 4.24. The van der Waals surface area contributed by atoms with Crippen LogP contribution in [0.25, 0.3) is 10.9 Å². The number of rotatable bonds is 5. The largest absolute Gasteiger partial charge is 0.361 e. The average Bonchev–Trinajstić information content (AvgIpc) is 3.31. The van der Waals surface area contributed by atoms with Gasteiger partial charge in [-0.05, 0) is 55.4 Å². The van der Waals surface area contributed by atoms with E-state index in [4.69, 9.17) is 4.99 Å². The summed E-state index contributed by atoms with van der Waals surface area (Å²) in [4.78, 5) is 25.9. The Morgan fingerprint density at radius 1 is 1.06 bits per heavy atom. The number of aromatic amines is 1. The molecular formula is C29H31N5O. The Morgan fingerprint density at radius 3 is 2.74 bits per heavy atom. The van der Waals surface area contributed by atoms with Gasteiger partial charge in [0.25, 0.3) is 5.91 Å². The molecule has 178 valence electrons. The predicted octanol–water partition coefficient (Wildman–Crippen LogP) is 4.01. The number of hydrogen-bond acceptors (Lipinski definition) is 4. The summed E-state index contributed by atoms with van der Waals surface area (Å²) >= 11 is 0. The van der Waals surface area contributed by atoms with Crippen LogP contribution in [-0.4, -0.2) is 66.2 Å². The van der Waals surface area contributed by atoms with Crippen molar-refractivity contribution in [2.24, 2.45) is 10.9 Å². The molecule has 35 heavy (non-hydrogen) atoms. The summed E-state index contributed by atoms with van der Waals surface area (Å²) in [7, 11) is 2.11. The molecular weight excluding hydrogens is 434 g/mol. The van der Waals surface area contributed by atoms with Crippen molar-refractivity contribution in [3.8, 4) is 0 Å². The SMILES string of the molecule is CN1CCN(C(=O)C2=CC3C(=Nc4ccccc4C3NCCc3c[nH]c4ccccc34)C=C2)CC1. The van der Waals surface area contributed by atoms with E-state index in [1.54, 1.807) is 0 Å². The van der Waals surface area contributed by atoms with Crippen LogP contribution in [-0.2, 0) is 11.2 Å². The number of aromatic nitrogens is 1. The Kier molecular flexibility index (Phi) is 5.84. The minimum absolute atomic E-state index is 0.0317. The number of allylic oxidation sites excluding steroid dienone is 1. The minimum Gasteiger partial charge on any atom is -0.361 e. The molecule has 1 aliphatic carbocycles. The number of nitrogens with one attached hydrogen (secondary N) is 2. The third-order valence-electron chi connectivity index (χ3n) is 7.49. The second-order valence-corrected chi connectivity index (χ2v) is 9.71. The van der Waals surface area contributed by atoms with Crippen LogP contribution in [0.2, 0.25) is 0 Å². The van der Waals surface area contributed by atoms with Gasteiger partial charge in [0.2, 0.25) is 0 Å². The smallest absolute Gasteiger partial charge is 0.253 e. The van der Waals surface area contributed by atoms with E-state index in [9.17, 15) is 4.79 Å². The summed E-state index contributed by atoms with van der Waals surface area (Å²) < 4.78 is 0. The molecule has 2 N–H and O–H groups in total. The number of carbonyl (C=O) groups excluding carboxylic acids is 1. The van der Waals surface area contributed by atoms with E-state index < -0.39 is 0 Å². The van der Waals surface area contributed by atoms with E-state index in [-0.39, 0.29) is 17.9 Å². The second-order valence-electron chi connectivity index (χ2n) is 9.71. The highest BCUT2D eigenvalue weighted by Crippen LogP contribution is 2.39. The molecule has 1 amide bonds. The molecule has 0 radical (unpaired) electrons. The number of benzene rings is 2. The molecule has 0 bridgehead atoms. The minimum atomic E-state index is 0.0317. The fourth-order valence-electron chi connectivity index (χ4n) is 5.46. The van der Waals surface area contributed by atoms with E-state index in [1.807, 2.05) is 23.1 Å². The first-order valence-electron chi connectivity index (χ1n) is 12.5. The summed E-state index contributed by atoms with van der Waals surface area (Å²) in [6.07, 6.45) is 9.17. The first-order valence-corrected chi connectivity index (χ1v) is 12.5. The fourth-order valence-corrected chi connectivity index (χ4v) is 5.46. The van der Waals surface area contributed by atoms with Gasteiger partial charge in [-0.2, -0.15) is 0 Å². The van der Waals surface area contributed by atoms with E-state index in [2.05, 4.69) is 77.0 Å². The van der Waals surface area contributed by atoms with E-state index in [0.29, 0.717) is 0 Å². The number of hydrogen-bond donors (Lipinski definition) is 2. The summed E-state index contributed by atoms with van der Waals surface area (Å²) in [6, 6.07) is 16.9. The molecule has 2 aliphatic heterocycles. The monoisotopic (exact) mass is 465 g/mol. The number of para-hydroxylation sites is 2. The first-order chi connectivity index (χ1) is 17.2.